The number of terminal acetylenes is 1. The van der Waals surface area contributed by atoms with Crippen molar-refractivity contribution in [3.63, 3.8) is 0 Å². The highest BCUT2D eigenvalue weighted by Crippen LogP contribution is 2.48. The lowest BCUT2D eigenvalue weighted by molar-refractivity contribution is 0.00287. The zero-order chi connectivity index (χ0) is 34.3. The summed E-state index contributed by atoms with van der Waals surface area (Å²) in [5, 5.41) is 11.6. The molecule has 10 nitrogen and oxygen atoms in total. The molecule has 13 heteroatoms. The summed E-state index contributed by atoms with van der Waals surface area (Å²) in [7, 11) is -3.10. The van der Waals surface area contributed by atoms with E-state index in [9.17, 15) is 17.9 Å². The molecule has 1 N–H and O–H groups in total. The highest BCUT2D eigenvalue weighted by molar-refractivity contribution is 7.90. The van der Waals surface area contributed by atoms with Crippen LogP contribution in [0.4, 0.5) is 14.6 Å². The van der Waals surface area contributed by atoms with Gasteiger partial charge in [0, 0.05) is 61.1 Å². The summed E-state index contributed by atoms with van der Waals surface area (Å²) in [4.78, 5) is 18.2. The smallest absolute Gasteiger partial charge is 0.319 e. The first-order valence-corrected chi connectivity index (χ1v) is 18.8. The van der Waals surface area contributed by atoms with Crippen molar-refractivity contribution in [1.29, 1.82) is 0 Å². The molecule has 2 aromatic carbocycles. The lowest BCUT2D eigenvalue weighted by atomic mass is 9.75. The van der Waals surface area contributed by atoms with Crippen LogP contribution in [0.1, 0.15) is 44.1 Å². The topological polar surface area (TPSA) is 118 Å². The minimum Gasteiger partial charge on any atom is -0.508 e. The van der Waals surface area contributed by atoms with Gasteiger partial charge >= 0.3 is 6.01 Å². The van der Waals surface area contributed by atoms with E-state index in [0.29, 0.717) is 56.0 Å². The summed E-state index contributed by atoms with van der Waals surface area (Å²) in [6, 6.07) is 5.64. The SMILES string of the molecule is C#Cc1c(F)ccc2cc(O)cc(-c3ncc4c(N5CCCOCC5)nc(OC[C@]56CCC[C@H]5N(CCS(C)(=O)=O)CCC6)nc4c3F)c12. The lowest BCUT2D eigenvalue weighted by Crippen LogP contribution is -2.53. The van der Waals surface area contributed by atoms with E-state index in [1.54, 1.807) is 0 Å². The second-order valence-corrected chi connectivity index (χ2v) is 15.7. The number of hydrogen-bond donors (Lipinski definition) is 1. The fourth-order valence-electron chi connectivity index (χ4n) is 8.00. The van der Waals surface area contributed by atoms with Gasteiger partial charge < -0.3 is 19.5 Å². The van der Waals surface area contributed by atoms with Crippen molar-refractivity contribution in [2.75, 3.05) is 62.9 Å². The summed E-state index contributed by atoms with van der Waals surface area (Å²) in [6.45, 7) is 3.84. The normalized spacial score (nSPS) is 21.8. The van der Waals surface area contributed by atoms with E-state index in [4.69, 9.17) is 20.9 Å². The van der Waals surface area contributed by atoms with E-state index in [-0.39, 0.29) is 56.7 Å². The van der Waals surface area contributed by atoms with Crippen LogP contribution in [-0.4, -0.2) is 97.4 Å². The maximum absolute atomic E-state index is 16.9. The van der Waals surface area contributed by atoms with Gasteiger partial charge in [-0.3, -0.25) is 9.88 Å². The third-order valence-corrected chi connectivity index (χ3v) is 11.2. The number of ether oxygens (including phenoxy) is 2. The first kappa shape index (κ1) is 33.4. The zero-order valence-corrected chi connectivity index (χ0v) is 28.2. The lowest BCUT2D eigenvalue weighted by Gasteiger charge is -2.46. The third-order valence-electron chi connectivity index (χ3n) is 10.3. The van der Waals surface area contributed by atoms with Crippen molar-refractivity contribution in [2.24, 2.45) is 5.41 Å². The molecule has 49 heavy (non-hydrogen) atoms. The fraction of sp³-hybridized carbons (Fsp3) is 0.472. The molecular formula is C36H39F2N5O5S. The molecule has 2 aromatic heterocycles. The van der Waals surface area contributed by atoms with E-state index >= 15 is 4.39 Å². The molecule has 0 spiro atoms. The van der Waals surface area contributed by atoms with Crippen molar-refractivity contribution in [1.82, 2.24) is 19.9 Å². The number of aromatic nitrogens is 3. The van der Waals surface area contributed by atoms with E-state index in [0.717, 1.165) is 45.1 Å². The van der Waals surface area contributed by atoms with Gasteiger partial charge in [-0.25, -0.2) is 17.2 Å². The molecule has 4 aromatic rings. The molecular weight excluding hydrogens is 652 g/mol. The van der Waals surface area contributed by atoms with Crippen molar-refractivity contribution in [3.05, 3.63) is 47.7 Å². The van der Waals surface area contributed by atoms with Gasteiger partial charge in [0.05, 0.1) is 29.9 Å². The average molecular weight is 692 g/mol. The van der Waals surface area contributed by atoms with Gasteiger partial charge in [-0.05, 0) is 62.2 Å². The molecule has 1 saturated carbocycles. The Bertz CT molecular complexity index is 2070. The number of phenols is 1. The Kier molecular flexibility index (Phi) is 9.06. The predicted molar refractivity (Wildman–Crippen MR) is 184 cm³/mol. The molecule has 7 rings (SSSR count). The number of hydrogen-bond acceptors (Lipinski definition) is 10. The highest BCUT2D eigenvalue weighted by atomic mass is 32.2. The second-order valence-electron chi connectivity index (χ2n) is 13.5. The molecule has 2 saturated heterocycles. The predicted octanol–water partition coefficient (Wildman–Crippen LogP) is 5.09. The number of fused-ring (bicyclic) bond motifs is 3. The molecule has 3 aliphatic rings. The molecule has 3 fully saturated rings. The van der Waals surface area contributed by atoms with Gasteiger partial charge in [0.1, 0.15) is 38.4 Å². The number of aromatic hydroxyl groups is 1. The van der Waals surface area contributed by atoms with Crippen LogP contribution in [0.3, 0.4) is 0 Å². The monoisotopic (exact) mass is 691 g/mol. The van der Waals surface area contributed by atoms with E-state index in [2.05, 4.69) is 20.8 Å². The van der Waals surface area contributed by atoms with Gasteiger partial charge in [0.2, 0.25) is 0 Å². The van der Waals surface area contributed by atoms with Gasteiger partial charge in [0.25, 0.3) is 0 Å². The number of likely N-dealkylation sites (tertiary alicyclic amines) is 1. The summed E-state index contributed by atoms with van der Waals surface area (Å²) in [6.07, 6.45) is 13.9. The molecule has 1 aliphatic carbocycles. The van der Waals surface area contributed by atoms with Crippen LogP contribution in [0, 0.1) is 29.4 Å². The van der Waals surface area contributed by atoms with Crippen molar-refractivity contribution >= 4 is 37.3 Å². The van der Waals surface area contributed by atoms with Gasteiger partial charge in [-0.15, -0.1) is 6.42 Å². The second kappa shape index (κ2) is 13.3. The maximum Gasteiger partial charge on any atom is 0.319 e. The Labute approximate surface area is 284 Å². The Balaban J connectivity index is 1.31. The number of nitrogens with zero attached hydrogens (tertiary/aromatic N) is 5. The Morgan fingerprint density at radius 2 is 1.96 bits per heavy atom. The average Bonchev–Trinajstić information content (AvgIpc) is 3.33. The zero-order valence-electron chi connectivity index (χ0n) is 27.4. The number of rotatable bonds is 8. The quantitative estimate of drug-likeness (QED) is 0.250. The molecule has 2 aliphatic heterocycles. The van der Waals surface area contributed by atoms with E-state index in [1.807, 2.05) is 4.90 Å². The number of benzene rings is 2. The van der Waals surface area contributed by atoms with E-state index in [1.165, 1.54) is 36.7 Å². The Morgan fingerprint density at radius 3 is 2.78 bits per heavy atom. The third kappa shape index (κ3) is 6.49. The summed E-state index contributed by atoms with van der Waals surface area (Å²) in [5.74, 6) is 1.37. The maximum atomic E-state index is 16.9. The van der Waals surface area contributed by atoms with Crippen LogP contribution in [0.2, 0.25) is 0 Å². The molecule has 0 bridgehead atoms. The van der Waals surface area contributed by atoms with Crippen molar-refractivity contribution in [2.45, 2.75) is 44.6 Å². The molecule has 4 heterocycles. The van der Waals surface area contributed by atoms with Gasteiger partial charge in [-0.2, -0.15) is 9.97 Å². The number of phenolic OH excluding ortho intramolecular Hbond substituents is 1. The minimum atomic E-state index is -3.10. The molecule has 0 amide bonds. The number of anilines is 1. The van der Waals surface area contributed by atoms with Crippen LogP contribution in [0.5, 0.6) is 11.8 Å². The fourth-order valence-corrected chi connectivity index (χ4v) is 8.56. The van der Waals surface area contributed by atoms with Gasteiger partial charge in [-0.1, -0.05) is 18.4 Å². The Morgan fingerprint density at radius 1 is 1.12 bits per heavy atom. The highest BCUT2D eigenvalue weighted by Gasteiger charge is 2.48. The number of halogens is 2. The van der Waals surface area contributed by atoms with Crippen LogP contribution < -0.4 is 9.64 Å². The molecule has 0 radical (unpaired) electrons. The molecule has 2 atom stereocenters. The Hall–Kier alpha value is -4.12. The van der Waals surface area contributed by atoms with Gasteiger partial charge in [0.15, 0.2) is 5.82 Å². The van der Waals surface area contributed by atoms with Crippen LogP contribution in [0.25, 0.3) is 32.9 Å². The van der Waals surface area contributed by atoms with Crippen LogP contribution >= 0.6 is 0 Å². The van der Waals surface area contributed by atoms with Crippen LogP contribution in [-0.2, 0) is 14.6 Å². The number of piperidine rings is 1. The van der Waals surface area contributed by atoms with Crippen LogP contribution in [0.15, 0.2) is 30.5 Å². The minimum absolute atomic E-state index is 0.0214. The standard InChI is InChI=1S/C36H39F2N5O5S/c1-3-25-28(37)9-8-23-19-24(44)20-26(30(23)25)32-31(38)33-27(21-39-32)34(43-13-6-16-47-17-14-43)41-35(40-33)48-22-36-10-4-7-29(36)42(12-5-11-36)15-18-49(2,45)46/h1,8-9,19-21,29,44H,4-7,10-18,22H2,2H3/t29-,36-/m1/s1. The molecule has 258 valence electrons. The summed E-state index contributed by atoms with van der Waals surface area (Å²) < 4.78 is 67.8. The number of sulfone groups is 1. The van der Waals surface area contributed by atoms with Crippen molar-refractivity contribution in [3.8, 4) is 35.4 Å². The summed E-state index contributed by atoms with van der Waals surface area (Å²) in [5.41, 5.74) is -0.299. The van der Waals surface area contributed by atoms with E-state index < -0.39 is 21.5 Å². The number of pyridine rings is 1. The first-order chi connectivity index (χ1) is 23.6. The largest absolute Gasteiger partial charge is 0.508 e. The summed E-state index contributed by atoms with van der Waals surface area (Å²) >= 11 is 0. The molecule has 0 unspecified atom stereocenters. The van der Waals surface area contributed by atoms with Crippen molar-refractivity contribution < 1.29 is 31.8 Å². The first-order valence-electron chi connectivity index (χ1n) is 16.7.